The van der Waals surface area contributed by atoms with Crippen molar-refractivity contribution >= 4 is 44.1 Å². The summed E-state index contributed by atoms with van der Waals surface area (Å²) in [4.78, 5) is 39.3. The number of nitrogens with zero attached hydrogens (tertiary/aromatic N) is 8. The number of hydrogen-bond acceptors (Lipinski definition) is 6. The minimum atomic E-state index is 0. The molecular weight excluding hydrogens is 668 g/mol. The smallest absolute Gasteiger partial charge is 0.357 e. The Bertz CT molecular complexity index is 2040. The molecule has 261 valence electrons. The summed E-state index contributed by atoms with van der Waals surface area (Å²) in [5.41, 5.74) is 5.78. The molecule has 0 aliphatic carbocycles. The van der Waals surface area contributed by atoms with Crippen LogP contribution in [0.15, 0.2) is 97.1 Å². The van der Waals surface area contributed by atoms with E-state index in [-0.39, 0.29) is 39.3 Å². The summed E-state index contributed by atoms with van der Waals surface area (Å²) in [6, 6.07) is 31.8. The van der Waals surface area contributed by atoms with Crippen molar-refractivity contribution in [2.75, 3.05) is 0 Å². The third-order valence-electron chi connectivity index (χ3n) is 7.33. The average molecular weight is 714 g/mol. The Balaban J connectivity index is 0.000000827. The van der Waals surface area contributed by atoms with Crippen molar-refractivity contribution in [3.8, 4) is 45.6 Å². The van der Waals surface area contributed by atoms with Crippen LogP contribution in [0.1, 0.15) is 63.8 Å². The maximum atomic E-state index is 4.95. The zero-order valence-corrected chi connectivity index (χ0v) is 28.1. The van der Waals surface area contributed by atoms with Gasteiger partial charge in [0, 0.05) is 44.8 Å². The monoisotopic (exact) mass is 713 g/mol. The third-order valence-corrected chi connectivity index (χ3v) is 7.33. The molecule has 2 aliphatic heterocycles. The van der Waals surface area contributed by atoms with Crippen molar-refractivity contribution in [3.05, 3.63) is 97.1 Å². The summed E-state index contributed by atoms with van der Waals surface area (Å²) < 4.78 is 0. The van der Waals surface area contributed by atoms with Gasteiger partial charge in [-0.3, -0.25) is 0 Å². The summed E-state index contributed by atoms with van der Waals surface area (Å²) in [7, 11) is 0. The first-order valence-electron chi connectivity index (χ1n) is 15.9. The van der Waals surface area contributed by atoms with E-state index in [2.05, 4.69) is 0 Å². The number of fused-ring (bicyclic) bond motifs is 20. The van der Waals surface area contributed by atoms with E-state index in [1.807, 2.05) is 139 Å². The molecule has 8 nitrogen and oxygen atoms in total. The molecule has 9 heteroatoms. The van der Waals surface area contributed by atoms with Crippen LogP contribution in [0.4, 0.5) is 0 Å². The number of aromatic nitrogens is 8. The van der Waals surface area contributed by atoms with Gasteiger partial charge in [0.1, 0.15) is 0 Å². The standard InChI is InChI=1S/C32H16N8.3C2H6.3CH4.Cu/c1-2-10-18-17(9-1)25-33-26(18)38-28-21-13-5-6-14-22(21)30(35-28)40-32-24-16-8-7-15-23(24)31(36-32)39-29-20-12-4-3-11-19(20)27(34-29)37-25;3*1-2;;;;/h1-16H;3*1-2H3;3*1H4;/q-2;;;;;;;+2. The van der Waals surface area contributed by atoms with Gasteiger partial charge >= 0.3 is 17.1 Å². The topological polar surface area (TPSA) is 106 Å². The van der Waals surface area contributed by atoms with Crippen molar-refractivity contribution in [2.45, 2.75) is 63.8 Å². The van der Waals surface area contributed by atoms with Crippen LogP contribution in [-0.2, 0) is 17.1 Å². The Morgan fingerprint density at radius 3 is 0.740 bits per heavy atom. The number of rotatable bonds is 0. The predicted molar refractivity (Wildman–Crippen MR) is 208 cm³/mol. The summed E-state index contributed by atoms with van der Waals surface area (Å²) in [6.07, 6.45) is 0. The molecule has 7 aromatic rings. The zero-order chi connectivity index (χ0) is 32.2. The maximum absolute atomic E-state index is 4.95. The van der Waals surface area contributed by atoms with Gasteiger partial charge in [0.05, 0.1) is 23.3 Å². The van der Waals surface area contributed by atoms with Crippen LogP contribution >= 0.6 is 0 Å². The first-order valence-corrected chi connectivity index (χ1v) is 15.9. The largest absolute Gasteiger partial charge is 2.00 e. The SMILES string of the molecule is C.C.C.CC.CC.CC.[Cu+2].c1ccc2c(c1)-c1nc-2nc2[n-]c(nc3nc(nc4[n-]c(n1)c1ccccc41)-c1ccccc1-3)c1ccccc21. The molecule has 0 spiro atoms. The third kappa shape index (κ3) is 7.06. The minimum Gasteiger partial charge on any atom is -0.357 e. The summed E-state index contributed by atoms with van der Waals surface area (Å²) in [6.45, 7) is 12.0. The van der Waals surface area contributed by atoms with E-state index >= 15 is 0 Å². The van der Waals surface area contributed by atoms with Gasteiger partial charge in [0.15, 0.2) is 0 Å². The van der Waals surface area contributed by atoms with Crippen molar-refractivity contribution in [1.82, 2.24) is 39.9 Å². The van der Waals surface area contributed by atoms with E-state index in [4.69, 9.17) is 39.9 Å². The van der Waals surface area contributed by atoms with E-state index < -0.39 is 0 Å². The fraction of sp³-hybridized carbons (Fsp3) is 0.220. The summed E-state index contributed by atoms with van der Waals surface area (Å²) in [5.74, 6) is 2.21. The van der Waals surface area contributed by atoms with Gasteiger partial charge < -0.3 is 29.9 Å². The van der Waals surface area contributed by atoms with Crippen LogP contribution in [0.3, 0.4) is 0 Å². The van der Waals surface area contributed by atoms with Gasteiger partial charge in [-0.05, 0) is 21.5 Å². The molecule has 0 atom stereocenters. The molecule has 50 heavy (non-hydrogen) atoms. The molecule has 0 N–H and O–H groups in total. The molecule has 1 radical (unpaired) electrons. The van der Waals surface area contributed by atoms with Gasteiger partial charge in [-0.2, -0.15) is 0 Å². The van der Waals surface area contributed by atoms with Crippen LogP contribution in [0.25, 0.3) is 89.7 Å². The van der Waals surface area contributed by atoms with Gasteiger partial charge in [0.25, 0.3) is 0 Å². The van der Waals surface area contributed by atoms with E-state index in [0.29, 0.717) is 45.9 Å². The molecule has 9 rings (SSSR count). The molecule has 8 bridgehead atoms. The second-order valence-electron chi connectivity index (χ2n) is 9.67. The summed E-state index contributed by atoms with van der Waals surface area (Å²) >= 11 is 0. The summed E-state index contributed by atoms with van der Waals surface area (Å²) in [5, 5.41) is 3.57. The van der Waals surface area contributed by atoms with Crippen LogP contribution in [-0.4, -0.2) is 29.9 Å². The first-order chi connectivity index (χ1) is 22.8. The maximum Gasteiger partial charge on any atom is 2.00 e. The van der Waals surface area contributed by atoms with Crippen molar-refractivity contribution in [2.24, 2.45) is 0 Å². The predicted octanol–water partition coefficient (Wildman–Crippen LogP) is 11.1. The molecule has 0 fully saturated rings. The molecule has 0 unspecified atom stereocenters. The Morgan fingerprint density at radius 2 is 0.520 bits per heavy atom. The van der Waals surface area contributed by atoms with Gasteiger partial charge in [-0.25, -0.2) is 9.97 Å². The Kier molecular flexibility index (Phi) is 14.7. The Hall–Kier alpha value is -5.24. The minimum absolute atomic E-state index is 0. The molecule has 0 saturated heterocycles. The van der Waals surface area contributed by atoms with E-state index in [1.165, 1.54) is 0 Å². The molecule has 0 saturated carbocycles. The first kappa shape index (κ1) is 40.9. The quantitative estimate of drug-likeness (QED) is 0.143. The van der Waals surface area contributed by atoms with Crippen LogP contribution in [0.5, 0.6) is 0 Å². The van der Waals surface area contributed by atoms with Gasteiger partial charge in [0.2, 0.25) is 0 Å². The molecule has 4 aromatic carbocycles. The van der Waals surface area contributed by atoms with Crippen molar-refractivity contribution < 1.29 is 17.1 Å². The fourth-order valence-electron chi connectivity index (χ4n) is 5.46. The molecule has 5 heterocycles. The molecule has 0 amide bonds. The van der Waals surface area contributed by atoms with E-state index in [9.17, 15) is 0 Å². The van der Waals surface area contributed by atoms with Crippen LogP contribution in [0.2, 0.25) is 0 Å². The van der Waals surface area contributed by atoms with Crippen LogP contribution in [0, 0.1) is 0 Å². The van der Waals surface area contributed by atoms with Crippen LogP contribution < -0.4 is 9.97 Å². The van der Waals surface area contributed by atoms with E-state index in [1.54, 1.807) is 0 Å². The van der Waals surface area contributed by atoms with Gasteiger partial charge in [-0.15, -0.1) is 0 Å². The molecule has 2 aliphatic rings. The van der Waals surface area contributed by atoms with Gasteiger partial charge in [-0.1, -0.05) is 161 Å². The second kappa shape index (κ2) is 18.0. The molecule has 3 aromatic heterocycles. The number of benzene rings is 4. The Morgan fingerprint density at radius 1 is 0.320 bits per heavy atom. The van der Waals surface area contributed by atoms with E-state index in [0.717, 1.165) is 43.8 Å². The van der Waals surface area contributed by atoms with Crippen molar-refractivity contribution in [1.29, 1.82) is 0 Å². The normalized spacial score (nSPS) is 9.96. The van der Waals surface area contributed by atoms with Crippen molar-refractivity contribution in [3.63, 3.8) is 0 Å². The second-order valence-corrected chi connectivity index (χ2v) is 9.67. The zero-order valence-electron chi connectivity index (χ0n) is 27.1. The Labute approximate surface area is 306 Å². The average Bonchev–Trinajstić information content (AvgIpc) is 3.87. The fourth-order valence-corrected chi connectivity index (χ4v) is 5.46. The molecular formula is C41H46CuN8. The number of hydrogen-bond donors (Lipinski definition) is 0.